The van der Waals surface area contributed by atoms with E-state index in [1.165, 1.54) is 11.8 Å². The number of ether oxygens (including phenoxy) is 1. The molecule has 116 valence electrons. The van der Waals surface area contributed by atoms with Gasteiger partial charge in [0.05, 0.1) is 5.69 Å². The van der Waals surface area contributed by atoms with Gasteiger partial charge in [-0.05, 0) is 24.5 Å². The van der Waals surface area contributed by atoms with Gasteiger partial charge in [-0.2, -0.15) is 4.98 Å². The third-order valence-corrected chi connectivity index (χ3v) is 4.31. The van der Waals surface area contributed by atoms with E-state index in [4.69, 9.17) is 4.74 Å². The van der Waals surface area contributed by atoms with Crippen LogP contribution in [0.25, 0.3) is 11.3 Å². The molecule has 0 fully saturated rings. The first-order chi connectivity index (χ1) is 11.3. The number of rotatable bonds is 2. The van der Waals surface area contributed by atoms with Gasteiger partial charge in [-0.25, -0.2) is 0 Å². The first-order valence-corrected chi connectivity index (χ1v) is 8.41. The minimum absolute atomic E-state index is 0.344. The normalized spacial score (nSPS) is 15.8. The Morgan fingerprint density at radius 3 is 2.83 bits per heavy atom. The van der Waals surface area contributed by atoms with Crippen LogP contribution in [0.3, 0.4) is 0 Å². The number of fused-ring (bicyclic) bond motifs is 3. The lowest BCUT2D eigenvalue weighted by molar-refractivity contribution is 0.217. The van der Waals surface area contributed by atoms with Crippen LogP contribution in [0.5, 0.6) is 5.88 Å². The van der Waals surface area contributed by atoms with Gasteiger partial charge in [0.2, 0.25) is 17.3 Å². The number of para-hydroxylation sites is 1. The van der Waals surface area contributed by atoms with Crippen LogP contribution in [0.2, 0.25) is 0 Å². The van der Waals surface area contributed by atoms with Crippen LogP contribution in [0.15, 0.2) is 47.8 Å². The summed E-state index contributed by atoms with van der Waals surface area (Å²) in [6.07, 6.45) is 3.56. The van der Waals surface area contributed by atoms with Gasteiger partial charge in [0.25, 0.3) is 0 Å². The third kappa shape index (κ3) is 2.43. The molecule has 4 rings (SSSR count). The largest absolute Gasteiger partial charge is 0.446 e. The summed E-state index contributed by atoms with van der Waals surface area (Å²) in [6, 6.07) is 12.0. The molecule has 0 aliphatic carbocycles. The van der Waals surface area contributed by atoms with Gasteiger partial charge in [-0.15, -0.1) is 10.2 Å². The highest BCUT2D eigenvalue weighted by molar-refractivity contribution is 7.98. The molecule has 0 saturated carbocycles. The first kappa shape index (κ1) is 14.1. The summed E-state index contributed by atoms with van der Waals surface area (Å²) in [5.74, 6) is 0.494. The molecule has 2 aromatic heterocycles. The third-order valence-electron chi connectivity index (χ3n) is 3.77. The molecule has 7 heteroatoms. The van der Waals surface area contributed by atoms with Crippen molar-refractivity contribution in [2.75, 3.05) is 11.6 Å². The van der Waals surface area contributed by atoms with Crippen molar-refractivity contribution < 1.29 is 4.74 Å². The van der Waals surface area contributed by atoms with E-state index >= 15 is 0 Å². The van der Waals surface area contributed by atoms with Crippen molar-refractivity contribution in [2.45, 2.75) is 11.4 Å². The zero-order chi connectivity index (χ0) is 15.8. The van der Waals surface area contributed by atoms with Crippen molar-refractivity contribution in [1.29, 1.82) is 0 Å². The van der Waals surface area contributed by atoms with Crippen LogP contribution in [-0.2, 0) is 7.05 Å². The molecule has 23 heavy (non-hydrogen) atoms. The molecule has 0 spiro atoms. The number of anilines is 1. The Kier molecular flexibility index (Phi) is 3.42. The van der Waals surface area contributed by atoms with Crippen LogP contribution in [-0.4, -0.2) is 26.0 Å². The molecule has 1 aliphatic heterocycles. The van der Waals surface area contributed by atoms with Crippen LogP contribution < -0.4 is 10.1 Å². The molecule has 1 aromatic carbocycles. The van der Waals surface area contributed by atoms with E-state index in [-0.39, 0.29) is 6.23 Å². The van der Waals surface area contributed by atoms with Gasteiger partial charge < -0.3 is 14.6 Å². The zero-order valence-corrected chi connectivity index (χ0v) is 13.5. The predicted molar refractivity (Wildman–Crippen MR) is 89.4 cm³/mol. The molecule has 0 unspecified atom stereocenters. The molecule has 0 amide bonds. The number of nitrogens with one attached hydrogen (secondary N) is 1. The fourth-order valence-corrected chi connectivity index (χ4v) is 2.91. The summed E-state index contributed by atoms with van der Waals surface area (Å²) in [4.78, 5) is 4.50. The number of hydrogen-bond acceptors (Lipinski definition) is 6. The number of benzene rings is 1. The maximum absolute atomic E-state index is 6.15. The number of aryl methyl sites for hydroxylation is 1. The average Bonchev–Trinajstić information content (AvgIpc) is 2.93. The van der Waals surface area contributed by atoms with Crippen molar-refractivity contribution in [1.82, 2.24) is 19.7 Å². The van der Waals surface area contributed by atoms with Crippen molar-refractivity contribution in [3.05, 3.63) is 48.3 Å². The van der Waals surface area contributed by atoms with E-state index in [0.29, 0.717) is 16.7 Å². The van der Waals surface area contributed by atoms with Crippen molar-refractivity contribution in [3.63, 3.8) is 0 Å². The van der Waals surface area contributed by atoms with Crippen LogP contribution in [0.1, 0.15) is 11.9 Å². The summed E-state index contributed by atoms with van der Waals surface area (Å²) in [7, 11) is 1.99. The topological polar surface area (TPSA) is 64.9 Å². The average molecular weight is 325 g/mol. The number of hydrogen-bond donors (Lipinski definition) is 1. The van der Waals surface area contributed by atoms with E-state index in [1.54, 1.807) is 0 Å². The molecule has 1 N–H and O–H groups in total. The molecule has 1 aliphatic rings. The highest BCUT2D eigenvalue weighted by Crippen LogP contribution is 2.39. The van der Waals surface area contributed by atoms with Gasteiger partial charge in [0.15, 0.2) is 5.69 Å². The zero-order valence-electron chi connectivity index (χ0n) is 12.7. The molecule has 6 nitrogen and oxygen atoms in total. The van der Waals surface area contributed by atoms with Gasteiger partial charge in [-0.1, -0.05) is 30.0 Å². The summed E-state index contributed by atoms with van der Waals surface area (Å²) in [5, 5.41) is 12.5. The Morgan fingerprint density at radius 2 is 2.04 bits per heavy atom. The lowest BCUT2D eigenvalue weighted by Crippen LogP contribution is -2.19. The Bertz CT molecular complexity index is 863. The molecule has 0 bridgehead atoms. The molecule has 3 heterocycles. The van der Waals surface area contributed by atoms with Crippen molar-refractivity contribution in [2.24, 2.45) is 7.05 Å². The SMILES string of the molecule is CSc1nnc2c(n1)O[C@@H](c1cccn1C)Nc1ccccc1-2. The lowest BCUT2D eigenvalue weighted by atomic mass is 10.1. The second kappa shape index (κ2) is 5.58. The Balaban J connectivity index is 1.89. The van der Waals surface area contributed by atoms with Crippen molar-refractivity contribution >= 4 is 17.4 Å². The lowest BCUT2D eigenvalue weighted by Gasteiger charge is -2.19. The standard InChI is InChI=1S/C16H15N5OS/c1-21-9-5-8-12(21)14-17-11-7-4-3-6-10(11)13-15(22-14)18-16(23-2)20-19-13/h3-9,14,17H,1-2H3/t14-/m0/s1. The van der Waals surface area contributed by atoms with Gasteiger partial charge in [-0.3, -0.25) is 0 Å². The quantitative estimate of drug-likeness (QED) is 0.730. The van der Waals surface area contributed by atoms with E-state index in [9.17, 15) is 0 Å². The van der Waals surface area contributed by atoms with Crippen LogP contribution in [0, 0.1) is 0 Å². The minimum Gasteiger partial charge on any atom is -0.446 e. The molecular formula is C16H15N5OS. The smallest absolute Gasteiger partial charge is 0.247 e. The molecule has 1 atom stereocenters. The summed E-state index contributed by atoms with van der Waals surface area (Å²) >= 11 is 1.44. The molecule has 0 saturated heterocycles. The van der Waals surface area contributed by atoms with E-state index in [1.807, 2.05) is 60.5 Å². The maximum Gasteiger partial charge on any atom is 0.247 e. The van der Waals surface area contributed by atoms with Crippen LogP contribution in [0.4, 0.5) is 5.69 Å². The number of thioether (sulfide) groups is 1. The Hall–Kier alpha value is -2.54. The number of aromatic nitrogens is 4. The second-order valence-electron chi connectivity index (χ2n) is 5.18. The Morgan fingerprint density at radius 1 is 1.17 bits per heavy atom. The summed E-state index contributed by atoms with van der Waals surface area (Å²) in [5.41, 5.74) is 3.55. The second-order valence-corrected chi connectivity index (χ2v) is 5.96. The minimum atomic E-state index is -0.344. The monoisotopic (exact) mass is 325 g/mol. The maximum atomic E-state index is 6.15. The van der Waals surface area contributed by atoms with Gasteiger partial charge in [0.1, 0.15) is 0 Å². The first-order valence-electron chi connectivity index (χ1n) is 7.19. The highest BCUT2D eigenvalue weighted by atomic mass is 32.2. The molecular weight excluding hydrogens is 310 g/mol. The summed E-state index contributed by atoms with van der Waals surface area (Å²) in [6.45, 7) is 0. The van der Waals surface area contributed by atoms with Crippen LogP contribution >= 0.6 is 11.8 Å². The fraction of sp³-hybridized carbons (Fsp3) is 0.188. The van der Waals surface area contributed by atoms with E-state index in [0.717, 1.165) is 16.9 Å². The van der Waals surface area contributed by atoms with Gasteiger partial charge in [0, 0.05) is 24.5 Å². The summed E-state index contributed by atoms with van der Waals surface area (Å²) < 4.78 is 8.17. The Labute approximate surface area is 137 Å². The predicted octanol–water partition coefficient (Wildman–Crippen LogP) is 3.10. The number of nitrogens with zero attached hydrogens (tertiary/aromatic N) is 4. The van der Waals surface area contributed by atoms with E-state index < -0.39 is 0 Å². The molecule has 3 aromatic rings. The molecule has 0 radical (unpaired) electrons. The highest BCUT2D eigenvalue weighted by Gasteiger charge is 2.26. The van der Waals surface area contributed by atoms with Crippen molar-refractivity contribution in [3.8, 4) is 17.1 Å². The van der Waals surface area contributed by atoms with E-state index in [2.05, 4.69) is 20.5 Å². The fourth-order valence-electron chi connectivity index (χ4n) is 2.61. The van der Waals surface area contributed by atoms with Gasteiger partial charge >= 0.3 is 0 Å².